The number of fused-ring (bicyclic) bond motifs is 1. The van der Waals surface area contributed by atoms with E-state index in [0.717, 1.165) is 53.4 Å². The van der Waals surface area contributed by atoms with E-state index in [-0.39, 0.29) is 6.54 Å². The smallest absolute Gasteiger partial charge is 0.378 e. The summed E-state index contributed by atoms with van der Waals surface area (Å²) in [4.78, 5) is 23.6. The van der Waals surface area contributed by atoms with Crippen molar-refractivity contribution in [2.75, 3.05) is 31.2 Å². The number of aromatic nitrogens is 6. The van der Waals surface area contributed by atoms with Crippen LogP contribution >= 0.6 is 0 Å². The molecule has 0 saturated carbocycles. The SMILES string of the molecule is Cc1ccc(-c2cnn3c(=O)n(Cc4ccc(C(F)(F)F)nc4)nc3c2-c2ccc(N3CCOCC3)nc2)cc1. The van der Waals surface area contributed by atoms with Crippen LogP contribution < -0.4 is 10.6 Å². The van der Waals surface area contributed by atoms with Crippen molar-refractivity contribution in [1.82, 2.24) is 29.4 Å². The lowest BCUT2D eigenvalue weighted by Gasteiger charge is -2.27. The van der Waals surface area contributed by atoms with Gasteiger partial charge in [-0.15, -0.1) is 5.10 Å². The summed E-state index contributed by atoms with van der Waals surface area (Å²) in [6, 6.07) is 14.0. The Balaban J connectivity index is 1.45. The first kappa shape index (κ1) is 25.7. The Kier molecular flexibility index (Phi) is 6.54. The molecule has 1 aliphatic rings. The van der Waals surface area contributed by atoms with E-state index < -0.39 is 17.6 Å². The standard InChI is InChI=1S/C28H24F3N7O2/c1-18-2-5-20(6-3-18)22-16-34-38-26(25(22)21-7-9-24(33-15-21)36-10-12-40-13-11-36)35-37(27(38)39)17-19-4-8-23(32-14-19)28(29,30)31/h2-9,14-16H,10-13,17H2,1H3. The Bertz CT molecular complexity index is 1710. The van der Waals surface area contributed by atoms with Crippen molar-refractivity contribution < 1.29 is 17.9 Å². The molecule has 1 saturated heterocycles. The average Bonchev–Trinajstić information content (AvgIpc) is 3.28. The number of hydrogen-bond acceptors (Lipinski definition) is 7. The molecule has 12 heteroatoms. The molecule has 0 radical (unpaired) electrons. The zero-order valence-corrected chi connectivity index (χ0v) is 21.5. The van der Waals surface area contributed by atoms with Gasteiger partial charge in [-0.05, 0) is 36.2 Å². The van der Waals surface area contributed by atoms with Crippen molar-refractivity contribution in [1.29, 1.82) is 0 Å². The van der Waals surface area contributed by atoms with Crippen LogP contribution in [0, 0.1) is 6.92 Å². The van der Waals surface area contributed by atoms with Gasteiger partial charge in [-0.2, -0.15) is 22.8 Å². The normalized spacial score (nSPS) is 14.2. The first-order chi connectivity index (χ1) is 19.3. The van der Waals surface area contributed by atoms with Crippen LogP contribution in [0.3, 0.4) is 0 Å². The number of pyridine rings is 2. The quantitative estimate of drug-likeness (QED) is 0.325. The van der Waals surface area contributed by atoms with E-state index >= 15 is 0 Å². The summed E-state index contributed by atoms with van der Waals surface area (Å²) in [5.74, 6) is 0.826. The molecule has 0 spiro atoms. The summed E-state index contributed by atoms with van der Waals surface area (Å²) in [5.41, 5.74) is 3.35. The number of morpholine rings is 1. The molecule has 6 rings (SSSR count). The van der Waals surface area contributed by atoms with Crippen LogP contribution in [0.15, 0.2) is 71.9 Å². The molecule has 9 nitrogen and oxygen atoms in total. The fraction of sp³-hybridized carbons (Fsp3) is 0.250. The van der Waals surface area contributed by atoms with Crippen molar-refractivity contribution in [2.24, 2.45) is 0 Å². The van der Waals surface area contributed by atoms with Crippen LogP contribution in [-0.2, 0) is 17.5 Å². The molecule has 0 amide bonds. The molecule has 0 unspecified atom stereocenters. The second-order valence-electron chi connectivity index (χ2n) is 9.53. The predicted octanol–water partition coefficient (Wildman–Crippen LogP) is 4.23. The summed E-state index contributed by atoms with van der Waals surface area (Å²) < 4.78 is 46.6. The Morgan fingerprint density at radius 3 is 2.30 bits per heavy atom. The van der Waals surface area contributed by atoms with Crippen LogP contribution in [0.4, 0.5) is 19.0 Å². The van der Waals surface area contributed by atoms with Crippen molar-refractivity contribution in [3.8, 4) is 22.3 Å². The zero-order chi connectivity index (χ0) is 27.9. The van der Waals surface area contributed by atoms with Crippen LogP contribution in [0.1, 0.15) is 16.8 Å². The van der Waals surface area contributed by atoms with Crippen molar-refractivity contribution in [3.05, 3.63) is 94.4 Å². The van der Waals surface area contributed by atoms with E-state index in [1.165, 1.54) is 15.3 Å². The molecule has 1 fully saturated rings. The number of alkyl halides is 3. The van der Waals surface area contributed by atoms with E-state index in [1.807, 2.05) is 43.3 Å². The lowest BCUT2D eigenvalue weighted by Crippen LogP contribution is -2.36. The minimum atomic E-state index is -4.55. The Morgan fingerprint density at radius 1 is 0.900 bits per heavy atom. The number of halogens is 3. The largest absolute Gasteiger partial charge is 0.433 e. The summed E-state index contributed by atoms with van der Waals surface area (Å²) in [6.07, 6.45) is -0.0776. The molecule has 0 aliphatic carbocycles. The topological polar surface area (TPSA) is 90.4 Å². The van der Waals surface area contributed by atoms with Gasteiger partial charge in [-0.1, -0.05) is 35.9 Å². The molecule has 4 aromatic heterocycles. The van der Waals surface area contributed by atoms with Gasteiger partial charge in [-0.25, -0.2) is 14.5 Å². The third-order valence-corrected chi connectivity index (χ3v) is 6.80. The molecule has 5 aromatic rings. The molecule has 0 bridgehead atoms. The van der Waals surface area contributed by atoms with Gasteiger partial charge in [-0.3, -0.25) is 4.98 Å². The number of anilines is 1. The van der Waals surface area contributed by atoms with E-state index in [4.69, 9.17) is 4.74 Å². The highest BCUT2D eigenvalue weighted by molar-refractivity contribution is 5.91. The minimum absolute atomic E-state index is 0.0686. The highest BCUT2D eigenvalue weighted by Gasteiger charge is 2.32. The van der Waals surface area contributed by atoms with Gasteiger partial charge in [0.05, 0.1) is 26.0 Å². The summed E-state index contributed by atoms with van der Waals surface area (Å²) in [6.45, 7) is 4.71. The fourth-order valence-electron chi connectivity index (χ4n) is 4.67. The number of aryl methyl sites for hydroxylation is 1. The highest BCUT2D eigenvalue weighted by atomic mass is 19.4. The van der Waals surface area contributed by atoms with Gasteiger partial charge in [0.2, 0.25) is 0 Å². The maximum Gasteiger partial charge on any atom is 0.433 e. The molecule has 1 aliphatic heterocycles. The lowest BCUT2D eigenvalue weighted by atomic mass is 9.97. The third kappa shape index (κ3) is 4.93. The van der Waals surface area contributed by atoms with Crippen molar-refractivity contribution >= 4 is 11.5 Å². The number of nitrogens with zero attached hydrogens (tertiary/aromatic N) is 7. The maximum atomic E-state index is 13.3. The van der Waals surface area contributed by atoms with E-state index in [0.29, 0.717) is 30.0 Å². The molecule has 204 valence electrons. The lowest BCUT2D eigenvalue weighted by molar-refractivity contribution is -0.141. The monoisotopic (exact) mass is 547 g/mol. The Morgan fingerprint density at radius 2 is 1.65 bits per heavy atom. The molecule has 5 heterocycles. The van der Waals surface area contributed by atoms with Gasteiger partial charge in [0.15, 0.2) is 5.65 Å². The van der Waals surface area contributed by atoms with Gasteiger partial charge in [0.25, 0.3) is 0 Å². The number of rotatable bonds is 5. The van der Waals surface area contributed by atoms with Gasteiger partial charge < -0.3 is 9.64 Å². The Hall–Kier alpha value is -4.58. The number of hydrogen-bond donors (Lipinski definition) is 0. The third-order valence-electron chi connectivity index (χ3n) is 6.80. The van der Waals surface area contributed by atoms with Gasteiger partial charge in [0, 0.05) is 42.2 Å². The first-order valence-corrected chi connectivity index (χ1v) is 12.6. The molecule has 40 heavy (non-hydrogen) atoms. The molecule has 0 atom stereocenters. The highest BCUT2D eigenvalue weighted by Crippen LogP contribution is 2.34. The molecule has 0 N–H and O–H groups in total. The molecular formula is C28H24F3N7O2. The van der Waals surface area contributed by atoms with Crippen LogP contribution in [0.5, 0.6) is 0 Å². The van der Waals surface area contributed by atoms with Crippen LogP contribution in [0.25, 0.3) is 27.9 Å². The maximum absolute atomic E-state index is 13.3. The minimum Gasteiger partial charge on any atom is -0.378 e. The van der Waals surface area contributed by atoms with Crippen molar-refractivity contribution in [2.45, 2.75) is 19.6 Å². The van der Waals surface area contributed by atoms with Gasteiger partial charge >= 0.3 is 11.9 Å². The zero-order valence-electron chi connectivity index (χ0n) is 21.5. The number of benzene rings is 1. The van der Waals surface area contributed by atoms with Crippen molar-refractivity contribution in [3.63, 3.8) is 0 Å². The Labute approximate surface area is 226 Å². The average molecular weight is 548 g/mol. The molecule has 1 aromatic carbocycles. The first-order valence-electron chi connectivity index (χ1n) is 12.6. The number of ether oxygens (including phenoxy) is 1. The van der Waals surface area contributed by atoms with Gasteiger partial charge in [0.1, 0.15) is 11.5 Å². The summed E-state index contributed by atoms with van der Waals surface area (Å²) in [5, 5.41) is 8.95. The second kappa shape index (κ2) is 10.2. The summed E-state index contributed by atoms with van der Waals surface area (Å²) >= 11 is 0. The molecular weight excluding hydrogens is 523 g/mol. The van der Waals surface area contributed by atoms with Crippen LogP contribution in [0.2, 0.25) is 0 Å². The van der Waals surface area contributed by atoms with E-state index in [2.05, 4.69) is 25.1 Å². The predicted molar refractivity (Wildman–Crippen MR) is 142 cm³/mol. The summed E-state index contributed by atoms with van der Waals surface area (Å²) in [7, 11) is 0. The fourth-order valence-corrected chi connectivity index (χ4v) is 4.67. The van der Waals surface area contributed by atoms with E-state index in [1.54, 1.807) is 12.4 Å². The van der Waals surface area contributed by atoms with Crippen LogP contribution in [-0.4, -0.2) is 55.7 Å². The second-order valence-corrected chi connectivity index (χ2v) is 9.53. The van der Waals surface area contributed by atoms with E-state index in [9.17, 15) is 18.0 Å².